The van der Waals surface area contributed by atoms with Gasteiger partial charge in [0.05, 0.1) is 11.4 Å². The summed E-state index contributed by atoms with van der Waals surface area (Å²) in [5.74, 6) is 0.412. The lowest BCUT2D eigenvalue weighted by molar-refractivity contribution is 1.04. The summed E-state index contributed by atoms with van der Waals surface area (Å²) >= 11 is 0. The van der Waals surface area contributed by atoms with Crippen molar-refractivity contribution in [1.82, 2.24) is 0 Å². The van der Waals surface area contributed by atoms with Gasteiger partial charge in [-0.15, -0.1) is 0 Å². The Kier molecular flexibility index (Phi) is 2.52. The van der Waals surface area contributed by atoms with E-state index in [1.165, 1.54) is 16.9 Å². The molecule has 0 N–H and O–H groups in total. The summed E-state index contributed by atoms with van der Waals surface area (Å²) in [7, 11) is -0.399. The molecule has 0 saturated heterocycles. The van der Waals surface area contributed by atoms with Crippen molar-refractivity contribution >= 4 is 19.8 Å². The first-order valence-electron chi connectivity index (χ1n) is 5.97. The van der Waals surface area contributed by atoms with E-state index in [1.54, 1.807) is 0 Å². The highest BCUT2D eigenvalue weighted by atomic mass is 28.2. The molecule has 0 unspecified atom stereocenters. The van der Waals surface area contributed by atoms with Gasteiger partial charge in [-0.25, -0.2) is 4.99 Å². The van der Waals surface area contributed by atoms with Crippen LogP contribution >= 0.6 is 0 Å². The Morgan fingerprint density at radius 2 is 1.94 bits per heavy atom. The van der Waals surface area contributed by atoms with Gasteiger partial charge in [0.25, 0.3) is 0 Å². The van der Waals surface area contributed by atoms with Gasteiger partial charge in [0.2, 0.25) is 0 Å². The number of allylic oxidation sites excluding steroid dienone is 8. The van der Waals surface area contributed by atoms with E-state index in [4.69, 9.17) is 4.99 Å². The highest BCUT2D eigenvalue weighted by molar-refractivity contribution is 6.77. The van der Waals surface area contributed by atoms with E-state index >= 15 is 0 Å². The maximum atomic E-state index is 4.76. The molecule has 0 aromatic carbocycles. The van der Waals surface area contributed by atoms with Gasteiger partial charge in [0.1, 0.15) is 0 Å². The summed E-state index contributed by atoms with van der Waals surface area (Å²) in [4.78, 5) is 4.76. The van der Waals surface area contributed by atoms with E-state index in [-0.39, 0.29) is 0 Å². The average molecular weight is 237 g/mol. The van der Waals surface area contributed by atoms with Gasteiger partial charge < -0.3 is 0 Å². The van der Waals surface area contributed by atoms with Crippen molar-refractivity contribution in [2.24, 2.45) is 10.9 Å². The number of nitrogens with zero attached hydrogens (tertiary/aromatic N) is 1. The maximum Gasteiger partial charge on any atom is 0.0713 e. The van der Waals surface area contributed by atoms with Crippen molar-refractivity contribution < 1.29 is 0 Å². The van der Waals surface area contributed by atoms with E-state index in [0.717, 1.165) is 5.70 Å². The molecule has 0 aromatic rings. The third kappa shape index (κ3) is 1.78. The van der Waals surface area contributed by atoms with E-state index in [9.17, 15) is 0 Å². The Hall–Kier alpha value is -1.54. The molecule has 0 amide bonds. The van der Waals surface area contributed by atoms with E-state index < -0.39 is 8.41 Å². The van der Waals surface area contributed by atoms with Gasteiger partial charge in [0.15, 0.2) is 0 Å². The zero-order chi connectivity index (χ0) is 11.8. The molecule has 0 atom stereocenters. The van der Waals surface area contributed by atoms with Crippen molar-refractivity contribution in [3.8, 4) is 0 Å². The quantitative estimate of drug-likeness (QED) is 0.655. The molecule has 0 spiro atoms. The molecule has 0 radical (unpaired) electrons. The fourth-order valence-electron chi connectivity index (χ4n) is 2.42. The lowest BCUT2D eigenvalue weighted by Crippen LogP contribution is -2.13. The highest BCUT2D eigenvalue weighted by Crippen LogP contribution is 2.35. The molecule has 0 bridgehead atoms. The molecule has 2 heteroatoms. The molecule has 0 saturated carbocycles. The number of fused-ring (bicyclic) bond motifs is 1. The second kappa shape index (κ2) is 4.04. The largest absolute Gasteiger partial charge is 0.248 e. The first kappa shape index (κ1) is 10.6. The molecule has 84 valence electrons. The molecular weight excluding hydrogens is 222 g/mol. The molecule has 3 rings (SSSR count). The minimum absolute atomic E-state index is 0.399. The molecule has 3 aliphatic rings. The second-order valence-corrected chi connectivity index (χ2v) is 7.20. The smallest absolute Gasteiger partial charge is 0.0713 e. The summed E-state index contributed by atoms with van der Waals surface area (Å²) in [5, 5.41) is 0. The summed E-state index contributed by atoms with van der Waals surface area (Å²) in [6.07, 6.45) is 15.1. The van der Waals surface area contributed by atoms with Crippen molar-refractivity contribution in [1.29, 1.82) is 0 Å². The monoisotopic (exact) mass is 237 g/mol. The molecule has 0 aromatic heterocycles. The Morgan fingerprint density at radius 1 is 1.18 bits per heavy atom. The third-order valence-corrected chi connectivity index (χ3v) is 3.96. The number of aliphatic imine (C=N–C) groups is 1. The lowest BCUT2D eigenvalue weighted by Gasteiger charge is -2.10. The Bertz CT molecular complexity index is 564. The van der Waals surface area contributed by atoms with E-state index in [1.807, 2.05) is 0 Å². The normalized spacial score (nSPS) is 21.1. The predicted octanol–water partition coefficient (Wildman–Crippen LogP) is 3.07. The zero-order valence-electron chi connectivity index (χ0n) is 10.1. The van der Waals surface area contributed by atoms with Crippen molar-refractivity contribution in [2.75, 3.05) is 0 Å². The van der Waals surface area contributed by atoms with Crippen LogP contribution in [0.5, 0.6) is 0 Å². The van der Waals surface area contributed by atoms with Crippen LogP contribution in [0, 0.1) is 5.92 Å². The van der Waals surface area contributed by atoms with Gasteiger partial charge >= 0.3 is 0 Å². The van der Waals surface area contributed by atoms with Crippen LogP contribution in [0.1, 0.15) is 0 Å². The van der Waals surface area contributed by atoms with Crippen LogP contribution in [0.25, 0.3) is 0 Å². The Labute approximate surface area is 103 Å². The van der Waals surface area contributed by atoms with Crippen LogP contribution in [0.2, 0.25) is 13.1 Å². The standard InChI is InChI=1S/C15H15NSi/c1-17(2)10-14-15(11-6-3-4-7-11)12-8-5-9-13(12)16-14/h3-11H,1-2H3. The van der Waals surface area contributed by atoms with E-state index in [2.05, 4.69) is 61.3 Å². The fraction of sp³-hybridized carbons (Fsp3) is 0.200. The fourth-order valence-corrected chi connectivity index (χ4v) is 3.19. The zero-order valence-corrected chi connectivity index (χ0v) is 11.1. The minimum atomic E-state index is -0.399. The van der Waals surface area contributed by atoms with Gasteiger partial charge in [-0.2, -0.15) is 0 Å². The lowest BCUT2D eigenvalue weighted by atomic mass is 9.93. The van der Waals surface area contributed by atoms with Gasteiger partial charge in [0, 0.05) is 19.9 Å². The predicted molar refractivity (Wildman–Crippen MR) is 77.0 cm³/mol. The van der Waals surface area contributed by atoms with Crippen molar-refractivity contribution in [3.05, 3.63) is 59.4 Å². The summed E-state index contributed by atoms with van der Waals surface area (Å²) in [6.45, 7) is 4.60. The number of rotatable bonds is 2. The van der Waals surface area contributed by atoms with Crippen LogP contribution in [0.15, 0.2) is 64.4 Å². The topological polar surface area (TPSA) is 12.4 Å². The summed E-state index contributed by atoms with van der Waals surface area (Å²) in [5.41, 5.74) is 7.42. The molecule has 17 heavy (non-hydrogen) atoms. The molecule has 2 aliphatic carbocycles. The Morgan fingerprint density at radius 3 is 2.65 bits per heavy atom. The van der Waals surface area contributed by atoms with Crippen LogP contribution in [-0.2, 0) is 0 Å². The van der Waals surface area contributed by atoms with Crippen molar-refractivity contribution in [3.63, 3.8) is 0 Å². The van der Waals surface area contributed by atoms with Crippen LogP contribution in [0.4, 0.5) is 0 Å². The van der Waals surface area contributed by atoms with E-state index in [0.29, 0.717) is 5.92 Å². The molecule has 1 aliphatic heterocycles. The van der Waals surface area contributed by atoms with Gasteiger partial charge in [-0.3, -0.25) is 0 Å². The first-order valence-corrected chi connectivity index (χ1v) is 8.55. The number of hydrogen-bond donors (Lipinski definition) is 0. The van der Waals surface area contributed by atoms with Gasteiger partial charge in [-0.1, -0.05) is 55.2 Å². The molecular formula is C15H15NSi. The van der Waals surface area contributed by atoms with Gasteiger partial charge in [-0.05, 0) is 11.6 Å². The molecule has 1 heterocycles. The van der Waals surface area contributed by atoms with Crippen LogP contribution < -0.4 is 0 Å². The SMILES string of the molecule is C[Si](C)=CC1=NC2=CC=CC2=C1C1C=CC=C1. The molecule has 0 fully saturated rings. The third-order valence-electron chi connectivity index (χ3n) is 3.11. The Balaban J connectivity index is 2.10. The van der Waals surface area contributed by atoms with Crippen LogP contribution in [0.3, 0.4) is 0 Å². The minimum Gasteiger partial charge on any atom is -0.248 e. The van der Waals surface area contributed by atoms with Crippen LogP contribution in [-0.4, -0.2) is 19.8 Å². The van der Waals surface area contributed by atoms with Crippen molar-refractivity contribution in [2.45, 2.75) is 13.1 Å². The number of hydrogen-bond acceptors (Lipinski definition) is 1. The first-order chi connectivity index (χ1) is 8.25. The second-order valence-electron chi connectivity index (χ2n) is 4.75. The molecule has 1 nitrogen and oxygen atoms in total. The summed E-state index contributed by atoms with van der Waals surface area (Å²) < 4.78 is 0. The summed E-state index contributed by atoms with van der Waals surface area (Å²) in [6, 6.07) is 0. The average Bonchev–Trinajstić information content (AvgIpc) is 2.90. The highest BCUT2D eigenvalue weighted by Gasteiger charge is 2.26. The maximum absolute atomic E-state index is 4.76.